The van der Waals surface area contributed by atoms with E-state index in [1.807, 2.05) is 0 Å². The summed E-state index contributed by atoms with van der Waals surface area (Å²) < 4.78 is 0. The van der Waals surface area contributed by atoms with Crippen LogP contribution in [0.15, 0.2) is 6.20 Å². The van der Waals surface area contributed by atoms with Crippen molar-refractivity contribution in [2.45, 2.75) is 45.6 Å². The van der Waals surface area contributed by atoms with Gasteiger partial charge in [0.25, 0.3) is 0 Å². The molecule has 1 aromatic heterocycles. The Morgan fingerprint density at radius 1 is 1.41 bits per heavy atom. The monoisotopic (exact) mass is 256 g/mol. The van der Waals surface area contributed by atoms with Crippen molar-refractivity contribution in [3.63, 3.8) is 0 Å². The largest absolute Gasteiger partial charge is 0.366 e. The molecule has 0 aliphatic heterocycles. The first kappa shape index (κ1) is 14.0. The van der Waals surface area contributed by atoms with Crippen LogP contribution in [0.3, 0.4) is 0 Å². The quantitative estimate of drug-likeness (QED) is 0.733. The van der Waals surface area contributed by atoms with Crippen LogP contribution in [0.25, 0.3) is 0 Å². The summed E-state index contributed by atoms with van der Waals surface area (Å²) in [6, 6.07) is 0.374. The van der Waals surface area contributed by atoms with Crippen molar-refractivity contribution >= 4 is 23.4 Å². The molecular formula is C12H21ClN4. The highest BCUT2D eigenvalue weighted by molar-refractivity contribution is 6.32. The van der Waals surface area contributed by atoms with Crippen molar-refractivity contribution in [2.75, 3.05) is 17.7 Å². The number of aromatic nitrogens is 2. The second kappa shape index (κ2) is 7.33. The van der Waals surface area contributed by atoms with Gasteiger partial charge < -0.3 is 10.6 Å². The van der Waals surface area contributed by atoms with Gasteiger partial charge in [0, 0.05) is 13.1 Å². The second-order valence-electron chi connectivity index (χ2n) is 4.18. The van der Waals surface area contributed by atoms with Crippen LogP contribution in [0.4, 0.5) is 11.8 Å². The maximum Gasteiger partial charge on any atom is 0.224 e. The van der Waals surface area contributed by atoms with Crippen LogP contribution in [0, 0.1) is 0 Å². The Balaban J connectivity index is 2.54. The summed E-state index contributed by atoms with van der Waals surface area (Å²) in [7, 11) is 1.79. The van der Waals surface area contributed by atoms with Gasteiger partial charge in [-0.3, -0.25) is 0 Å². The van der Waals surface area contributed by atoms with Crippen LogP contribution < -0.4 is 10.6 Å². The molecule has 0 spiro atoms. The molecule has 4 nitrogen and oxygen atoms in total. The lowest BCUT2D eigenvalue weighted by molar-refractivity contribution is 0.614. The van der Waals surface area contributed by atoms with Gasteiger partial charge in [0.1, 0.15) is 5.02 Å². The first-order valence-corrected chi connectivity index (χ1v) is 6.52. The highest BCUT2D eigenvalue weighted by atomic mass is 35.5. The molecule has 17 heavy (non-hydrogen) atoms. The van der Waals surface area contributed by atoms with Gasteiger partial charge in [-0.25, -0.2) is 4.98 Å². The van der Waals surface area contributed by atoms with E-state index in [9.17, 15) is 0 Å². The number of anilines is 2. The van der Waals surface area contributed by atoms with Crippen LogP contribution in [0.1, 0.15) is 39.5 Å². The Labute approximate surface area is 108 Å². The molecule has 0 saturated heterocycles. The zero-order valence-corrected chi connectivity index (χ0v) is 11.5. The molecular weight excluding hydrogens is 236 g/mol. The number of rotatable bonds is 7. The lowest BCUT2D eigenvalue weighted by atomic mass is 10.1. The normalized spacial score (nSPS) is 12.2. The van der Waals surface area contributed by atoms with Crippen LogP contribution in [0.5, 0.6) is 0 Å². The summed E-state index contributed by atoms with van der Waals surface area (Å²) >= 11 is 6.04. The van der Waals surface area contributed by atoms with Crippen LogP contribution >= 0.6 is 11.6 Å². The first-order valence-electron chi connectivity index (χ1n) is 6.14. The molecule has 1 heterocycles. The Morgan fingerprint density at radius 2 is 2.18 bits per heavy atom. The Bertz CT molecular complexity index is 343. The maximum atomic E-state index is 6.04. The van der Waals surface area contributed by atoms with Gasteiger partial charge >= 0.3 is 0 Å². The fraction of sp³-hybridized carbons (Fsp3) is 0.667. The van der Waals surface area contributed by atoms with E-state index in [1.54, 1.807) is 13.2 Å². The van der Waals surface area contributed by atoms with E-state index in [0.29, 0.717) is 22.8 Å². The summed E-state index contributed by atoms with van der Waals surface area (Å²) in [4.78, 5) is 8.34. The smallest absolute Gasteiger partial charge is 0.224 e. The van der Waals surface area contributed by atoms with Crippen molar-refractivity contribution < 1.29 is 0 Å². The summed E-state index contributed by atoms with van der Waals surface area (Å²) in [5.74, 6) is 1.28. The van der Waals surface area contributed by atoms with E-state index < -0.39 is 0 Å². The van der Waals surface area contributed by atoms with Gasteiger partial charge in [0.05, 0.1) is 6.20 Å². The minimum Gasteiger partial charge on any atom is -0.366 e. The predicted molar refractivity (Wildman–Crippen MR) is 73.8 cm³/mol. The Hall–Kier alpha value is -1.03. The lowest BCUT2D eigenvalue weighted by Crippen LogP contribution is -2.16. The van der Waals surface area contributed by atoms with Gasteiger partial charge in [-0.1, -0.05) is 37.8 Å². The Morgan fingerprint density at radius 3 is 2.82 bits per heavy atom. The molecule has 1 aromatic rings. The minimum absolute atomic E-state index is 0.374. The fourth-order valence-corrected chi connectivity index (χ4v) is 1.74. The summed E-state index contributed by atoms with van der Waals surface area (Å²) in [6.07, 6.45) is 6.48. The number of hydrogen-bond donors (Lipinski definition) is 2. The second-order valence-corrected chi connectivity index (χ2v) is 4.59. The molecule has 5 heteroatoms. The SMILES string of the molecule is CCCCCC(C)Nc1nc(NC)ncc1Cl. The lowest BCUT2D eigenvalue weighted by Gasteiger charge is -2.15. The number of nitrogens with zero attached hydrogens (tertiary/aromatic N) is 2. The van der Waals surface area contributed by atoms with E-state index in [2.05, 4.69) is 34.4 Å². The first-order chi connectivity index (χ1) is 8.17. The highest BCUT2D eigenvalue weighted by Crippen LogP contribution is 2.20. The predicted octanol–water partition coefficient (Wildman–Crippen LogP) is 3.55. The third-order valence-corrected chi connectivity index (χ3v) is 2.87. The van der Waals surface area contributed by atoms with Gasteiger partial charge in [-0.2, -0.15) is 4.98 Å². The van der Waals surface area contributed by atoms with Crippen LogP contribution in [-0.4, -0.2) is 23.1 Å². The zero-order chi connectivity index (χ0) is 12.7. The third kappa shape index (κ3) is 4.77. The molecule has 0 aliphatic rings. The van der Waals surface area contributed by atoms with E-state index in [0.717, 1.165) is 6.42 Å². The molecule has 2 N–H and O–H groups in total. The van der Waals surface area contributed by atoms with Crippen molar-refractivity contribution in [2.24, 2.45) is 0 Å². The average Bonchev–Trinajstić information content (AvgIpc) is 2.32. The van der Waals surface area contributed by atoms with Gasteiger partial charge in [-0.15, -0.1) is 0 Å². The van der Waals surface area contributed by atoms with E-state index in [1.165, 1.54) is 19.3 Å². The molecule has 0 saturated carbocycles. The topological polar surface area (TPSA) is 49.8 Å². The molecule has 0 aromatic carbocycles. The number of hydrogen-bond acceptors (Lipinski definition) is 4. The van der Waals surface area contributed by atoms with Crippen molar-refractivity contribution in [1.82, 2.24) is 9.97 Å². The molecule has 0 fully saturated rings. The maximum absolute atomic E-state index is 6.04. The third-order valence-electron chi connectivity index (χ3n) is 2.59. The Kier molecular flexibility index (Phi) is 6.05. The zero-order valence-electron chi connectivity index (χ0n) is 10.8. The summed E-state index contributed by atoms with van der Waals surface area (Å²) in [5.41, 5.74) is 0. The summed E-state index contributed by atoms with van der Waals surface area (Å²) in [6.45, 7) is 4.35. The number of halogens is 1. The molecule has 1 rings (SSSR count). The average molecular weight is 257 g/mol. The molecule has 1 atom stereocenters. The van der Waals surface area contributed by atoms with Crippen molar-refractivity contribution in [1.29, 1.82) is 0 Å². The molecule has 0 bridgehead atoms. The number of nitrogens with one attached hydrogen (secondary N) is 2. The highest BCUT2D eigenvalue weighted by Gasteiger charge is 2.08. The number of unbranched alkanes of at least 4 members (excludes halogenated alkanes) is 2. The van der Waals surface area contributed by atoms with Crippen molar-refractivity contribution in [3.05, 3.63) is 11.2 Å². The minimum atomic E-state index is 0.374. The van der Waals surface area contributed by atoms with Gasteiger partial charge in [0.15, 0.2) is 5.82 Å². The van der Waals surface area contributed by atoms with E-state index in [4.69, 9.17) is 11.6 Å². The fourth-order valence-electron chi connectivity index (χ4n) is 1.59. The molecule has 0 amide bonds. The molecule has 1 unspecified atom stereocenters. The van der Waals surface area contributed by atoms with Gasteiger partial charge in [0.2, 0.25) is 5.95 Å². The van der Waals surface area contributed by atoms with Crippen LogP contribution in [0.2, 0.25) is 5.02 Å². The molecule has 0 radical (unpaired) electrons. The standard InChI is InChI=1S/C12H21ClN4/c1-4-5-6-7-9(2)16-11-10(13)8-15-12(14-3)17-11/h8-9H,4-7H2,1-3H3,(H2,14,15,16,17). The van der Waals surface area contributed by atoms with Crippen LogP contribution in [-0.2, 0) is 0 Å². The van der Waals surface area contributed by atoms with Gasteiger partial charge in [-0.05, 0) is 13.3 Å². The van der Waals surface area contributed by atoms with E-state index in [-0.39, 0.29) is 0 Å². The van der Waals surface area contributed by atoms with E-state index >= 15 is 0 Å². The molecule has 96 valence electrons. The molecule has 0 aliphatic carbocycles. The summed E-state index contributed by atoms with van der Waals surface area (Å²) in [5, 5.41) is 6.78. The van der Waals surface area contributed by atoms with Crippen molar-refractivity contribution in [3.8, 4) is 0 Å².